The van der Waals surface area contributed by atoms with Crippen LogP contribution in [0.1, 0.15) is 44.7 Å². The quantitative estimate of drug-likeness (QED) is 0.396. The van der Waals surface area contributed by atoms with Gasteiger partial charge in [0.25, 0.3) is 0 Å². The summed E-state index contributed by atoms with van der Waals surface area (Å²) in [5.74, 6) is 1.25. The zero-order valence-electron chi connectivity index (χ0n) is 14.4. The number of likely N-dealkylation sites (tertiary alicyclic amines) is 1. The van der Waals surface area contributed by atoms with Crippen molar-refractivity contribution >= 4 is 29.9 Å². The molecule has 4 nitrogen and oxygen atoms in total. The van der Waals surface area contributed by atoms with Gasteiger partial charge in [-0.1, -0.05) is 44.2 Å². The maximum Gasteiger partial charge on any atom is 0.188 e. The number of hydrogen-bond acceptors (Lipinski definition) is 2. The summed E-state index contributed by atoms with van der Waals surface area (Å²) in [5, 5.41) is 3.22. The third-order valence-corrected chi connectivity index (χ3v) is 4.23. The van der Waals surface area contributed by atoms with Crippen molar-refractivity contribution < 1.29 is 0 Å². The summed E-state index contributed by atoms with van der Waals surface area (Å²) >= 11 is 0. The Kier molecular flexibility index (Phi) is 9.55. The van der Waals surface area contributed by atoms with Crippen molar-refractivity contribution in [1.82, 2.24) is 10.2 Å². The third-order valence-electron chi connectivity index (χ3n) is 4.23. The molecule has 0 aromatic heterocycles. The Labute approximate surface area is 157 Å². The Morgan fingerprint density at radius 2 is 1.87 bits per heavy atom. The van der Waals surface area contributed by atoms with Crippen LogP contribution in [-0.2, 0) is 0 Å². The lowest BCUT2D eigenvalue weighted by Crippen LogP contribution is -2.35. The summed E-state index contributed by atoms with van der Waals surface area (Å²) in [5.41, 5.74) is 7.34. The van der Waals surface area contributed by atoms with E-state index in [1.54, 1.807) is 0 Å². The van der Waals surface area contributed by atoms with Gasteiger partial charge in [0.1, 0.15) is 0 Å². The fourth-order valence-corrected chi connectivity index (χ4v) is 2.89. The van der Waals surface area contributed by atoms with E-state index < -0.39 is 0 Å². The van der Waals surface area contributed by atoms with Crippen LogP contribution in [0.5, 0.6) is 0 Å². The van der Waals surface area contributed by atoms with E-state index in [0.717, 1.165) is 32.6 Å². The fourth-order valence-electron chi connectivity index (χ4n) is 2.89. The number of nitrogens with zero attached hydrogens (tertiary/aromatic N) is 2. The van der Waals surface area contributed by atoms with E-state index in [2.05, 4.69) is 59.4 Å². The number of nitrogens with two attached hydrogens (primary N) is 1. The van der Waals surface area contributed by atoms with Crippen LogP contribution in [0, 0.1) is 5.92 Å². The van der Waals surface area contributed by atoms with Crippen LogP contribution in [-0.4, -0.2) is 37.0 Å². The lowest BCUT2D eigenvalue weighted by Gasteiger charge is -2.26. The van der Waals surface area contributed by atoms with Crippen LogP contribution in [0.15, 0.2) is 35.3 Å². The van der Waals surface area contributed by atoms with Gasteiger partial charge >= 0.3 is 0 Å². The van der Waals surface area contributed by atoms with Gasteiger partial charge in [-0.25, -0.2) is 0 Å². The summed E-state index contributed by atoms with van der Waals surface area (Å²) in [4.78, 5) is 7.11. The monoisotopic (exact) mass is 430 g/mol. The molecule has 0 saturated carbocycles. The summed E-state index contributed by atoms with van der Waals surface area (Å²) in [7, 11) is 0. The number of aliphatic imine (C=N–C) groups is 1. The summed E-state index contributed by atoms with van der Waals surface area (Å²) in [6, 6.07) is 11.0. The highest BCUT2D eigenvalue weighted by molar-refractivity contribution is 14.0. The Morgan fingerprint density at radius 3 is 2.48 bits per heavy atom. The van der Waals surface area contributed by atoms with E-state index in [-0.39, 0.29) is 24.0 Å². The molecule has 23 heavy (non-hydrogen) atoms. The van der Waals surface area contributed by atoms with Crippen molar-refractivity contribution in [1.29, 1.82) is 0 Å². The Hall–Kier alpha value is -0.820. The zero-order chi connectivity index (χ0) is 15.8. The second kappa shape index (κ2) is 10.9. The molecular weight excluding hydrogens is 399 g/mol. The molecule has 2 rings (SSSR count). The highest BCUT2D eigenvalue weighted by atomic mass is 127. The second-order valence-electron chi connectivity index (χ2n) is 6.50. The van der Waals surface area contributed by atoms with Crippen molar-refractivity contribution in [2.45, 2.75) is 39.2 Å². The van der Waals surface area contributed by atoms with Gasteiger partial charge in [0, 0.05) is 6.54 Å². The molecule has 1 aromatic rings. The molecule has 130 valence electrons. The molecule has 0 bridgehead atoms. The number of hydrogen-bond donors (Lipinski definition) is 2. The van der Waals surface area contributed by atoms with E-state index >= 15 is 0 Å². The third kappa shape index (κ3) is 7.08. The number of nitrogens with one attached hydrogen (secondary N) is 1. The minimum Gasteiger partial charge on any atom is -0.370 e. The number of rotatable bonds is 7. The van der Waals surface area contributed by atoms with Gasteiger partial charge in [0.15, 0.2) is 5.96 Å². The Morgan fingerprint density at radius 1 is 1.22 bits per heavy atom. The number of halogens is 1. The number of guanidine groups is 1. The minimum atomic E-state index is 0. The molecule has 1 atom stereocenters. The molecule has 1 aliphatic heterocycles. The second-order valence-corrected chi connectivity index (χ2v) is 6.50. The highest BCUT2D eigenvalue weighted by Gasteiger charge is 2.22. The summed E-state index contributed by atoms with van der Waals surface area (Å²) in [6.07, 6.45) is 3.69. The van der Waals surface area contributed by atoms with E-state index in [1.807, 2.05) is 0 Å². The van der Waals surface area contributed by atoms with Gasteiger partial charge in [0.2, 0.25) is 0 Å². The number of benzene rings is 1. The SMILES string of the molecule is CC(C)CCNC(N)=NCC(c1ccccc1)N1CCCC1.I. The average molecular weight is 430 g/mol. The first-order chi connectivity index (χ1) is 10.7. The van der Waals surface area contributed by atoms with E-state index in [9.17, 15) is 0 Å². The van der Waals surface area contributed by atoms with Crippen molar-refractivity contribution in [3.05, 3.63) is 35.9 Å². The Balaban J connectivity index is 0.00000264. The molecule has 0 aliphatic carbocycles. The standard InChI is InChI=1S/C18H30N4.HI/c1-15(2)10-11-20-18(19)21-14-17(22-12-6-7-13-22)16-8-4-3-5-9-16;/h3-5,8-9,15,17H,6-7,10-14H2,1-2H3,(H3,19,20,21);1H. The van der Waals surface area contributed by atoms with Crippen molar-refractivity contribution in [3.8, 4) is 0 Å². The molecule has 1 fully saturated rings. The van der Waals surface area contributed by atoms with Crippen LogP contribution in [0.4, 0.5) is 0 Å². The molecule has 5 heteroatoms. The lowest BCUT2D eigenvalue weighted by molar-refractivity contribution is 0.251. The average Bonchev–Trinajstić information content (AvgIpc) is 3.02. The van der Waals surface area contributed by atoms with E-state index in [0.29, 0.717) is 17.9 Å². The van der Waals surface area contributed by atoms with Crippen molar-refractivity contribution in [2.24, 2.45) is 16.6 Å². The van der Waals surface area contributed by atoms with Gasteiger partial charge in [-0.05, 0) is 43.8 Å². The largest absolute Gasteiger partial charge is 0.370 e. The molecular formula is C18H31IN4. The highest BCUT2D eigenvalue weighted by Crippen LogP contribution is 2.25. The molecule has 3 N–H and O–H groups in total. The van der Waals surface area contributed by atoms with Gasteiger partial charge in [-0.3, -0.25) is 9.89 Å². The van der Waals surface area contributed by atoms with Crippen molar-refractivity contribution in [3.63, 3.8) is 0 Å². The van der Waals surface area contributed by atoms with Crippen LogP contribution in [0.2, 0.25) is 0 Å². The molecule has 0 spiro atoms. The topological polar surface area (TPSA) is 53.6 Å². The van der Waals surface area contributed by atoms with E-state index in [4.69, 9.17) is 5.73 Å². The molecule has 1 aliphatic rings. The van der Waals surface area contributed by atoms with Gasteiger partial charge < -0.3 is 11.1 Å². The molecule has 1 unspecified atom stereocenters. The Bertz CT molecular complexity index is 455. The summed E-state index contributed by atoms with van der Waals surface area (Å²) < 4.78 is 0. The van der Waals surface area contributed by atoms with Gasteiger partial charge in [-0.15, -0.1) is 24.0 Å². The van der Waals surface area contributed by atoms with Crippen LogP contribution in [0.3, 0.4) is 0 Å². The molecule has 1 aromatic carbocycles. The van der Waals surface area contributed by atoms with Gasteiger partial charge in [-0.2, -0.15) is 0 Å². The maximum atomic E-state index is 6.01. The molecule has 1 saturated heterocycles. The molecule has 1 heterocycles. The zero-order valence-corrected chi connectivity index (χ0v) is 16.7. The first-order valence-corrected chi connectivity index (χ1v) is 8.49. The van der Waals surface area contributed by atoms with Crippen LogP contribution in [0.25, 0.3) is 0 Å². The first-order valence-electron chi connectivity index (χ1n) is 8.49. The lowest BCUT2D eigenvalue weighted by atomic mass is 10.1. The molecule has 0 radical (unpaired) electrons. The normalized spacial score (nSPS) is 17.1. The maximum absolute atomic E-state index is 6.01. The van der Waals surface area contributed by atoms with Crippen LogP contribution < -0.4 is 11.1 Å². The van der Waals surface area contributed by atoms with E-state index in [1.165, 1.54) is 18.4 Å². The van der Waals surface area contributed by atoms with Gasteiger partial charge in [0.05, 0.1) is 12.6 Å². The predicted molar refractivity (Wildman–Crippen MR) is 109 cm³/mol. The predicted octanol–water partition coefficient (Wildman–Crippen LogP) is 3.39. The fraction of sp³-hybridized carbons (Fsp3) is 0.611. The summed E-state index contributed by atoms with van der Waals surface area (Å²) in [6.45, 7) is 8.38. The first kappa shape index (κ1) is 20.2. The van der Waals surface area contributed by atoms with Crippen LogP contribution >= 0.6 is 24.0 Å². The van der Waals surface area contributed by atoms with Crippen molar-refractivity contribution in [2.75, 3.05) is 26.2 Å². The molecule has 0 amide bonds. The minimum absolute atomic E-state index is 0. The smallest absolute Gasteiger partial charge is 0.188 e.